The van der Waals surface area contributed by atoms with E-state index in [0.717, 1.165) is 13.1 Å². The van der Waals surface area contributed by atoms with Gasteiger partial charge in [0.1, 0.15) is 28.9 Å². The third-order valence-corrected chi connectivity index (χ3v) is 6.26. The van der Waals surface area contributed by atoms with Crippen molar-refractivity contribution >= 4 is 16.6 Å². The van der Waals surface area contributed by atoms with Gasteiger partial charge in [0.05, 0.1) is 24.1 Å². The van der Waals surface area contributed by atoms with Gasteiger partial charge in [-0.3, -0.25) is 9.20 Å². The molecule has 10 nitrogen and oxygen atoms in total. The number of hydrogen-bond donors (Lipinski definition) is 2. The SMILES string of the molecule is CC(CO)c1nc(-c2ncn3c2c(=O)n(CCN2CCC(O)CC2)c2c(F)cccc23)no1. The van der Waals surface area contributed by atoms with E-state index in [4.69, 9.17) is 4.52 Å². The van der Waals surface area contributed by atoms with Gasteiger partial charge in [-0.1, -0.05) is 18.1 Å². The quantitative estimate of drug-likeness (QED) is 0.446. The molecule has 3 aromatic heterocycles. The average molecular weight is 456 g/mol. The fourth-order valence-corrected chi connectivity index (χ4v) is 4.30. The molecule has 1 atom stereocenters. The van der Waals surface area contributed by atoms with Crippen molar-refractivity contribution in [2.24, 2.45) is 0 Å². The number of fused-ring (bicyclic) bond motifs is 3. The zero-order chi connectivity index (χ0) is 23.1. The van der Waals surface area contributed by atoms with Crippen LogP contribution in [-0.4, -0.2) is 71.6 Å². The lowest BCUT2D eigenvalue weighted by Gasteiger charge is -2.29. The molecule has 0 aliphatic carbocycles. The van der Waals surface area contributed by atoms with Crippen molar-refractivity contribution < 1.29 is 19.1 Å². The predicted molar refractivity (Wildman–Crippen MR) is 117 cm³/mol. The zero-order valence-corrected chi connectivity index (χ0v) is 18.2. The Kier molecular flexibility index (Phi) is 5.69. The number of benzene rings is 1. The Hall–Kier alpha value is -3.15. The van der Waals surface area contributed by atoms with Crippen LogP contribution >= 0.6 is 0 Å². The highest BCUT2D eigenvalue weighted by Gasteiger charge is 2.24. The van der Waals surface area contributed by atoms with Crippen molar-refractivity contribution in [3.8, 4) is 11.5 Å². The van der Waals surface area contributed by atoms with E-state index >= 15 is 0 Å². The summed E-state index contributed by atoms with van der Waals surface area (Å²) in [6, 6.07) is 4.66. The molecule has 11 heteroatoms. The van der Waals surface area contributed by atoms with Gasteiger partial charge in [-0.15, -0.1) is 0 Å². The summed E-state index contributed by atoms with van der Waals surface area (Å²) in [5, 5.41) is 23.0. The van der Waals surface area contributed by atoms with Crippen molar-refractivity contribution in [1.82, 2.24) is 29.0 Å². The molecule has 1 unspecified atom stereocenters. The molecule has 1 aliphatic rings. The minimum atomic E-state index is -0.491. The lowest BCUT2D eigenvalue weighted by atomic mass is 10.1. The van der Waals surface area contributed by atoms with Crippen LogP contribution in [-0.2, 0) is 6.54 Å². The van der Waals surface area contributed by atoms with Crippen molar-refractivity contribution in [2.75, 3.05) is 26.2 Å². The lowest BCUT2D eigenvalue weighted by Crippen LogP contribution is -2.39. The number of imidazole rings is 1. The third-order valence-electron chi connectivity index (χ3n) is 6.26. The molecule has 0 radical (unpaired) electrons. The highest BCUT2D eigenvalue weighted by atomic mass is 19.1. The number of rotatable bonds is 6. The van der Waals surface area contributed by atoms with Gasteiger partial charge in [-0.25, -0.2) is 9.37 Å². The number of piperidine rings is 1. The molecule has 0 saturated carbocycles. The van der Waals surface area contributed by atoms with E-state index in [9.17, 15) is 19.4 Å². The summed E-state index contributed by atoms with van der Waals surface area (Å²) in [4.78, 5) is 24.4. The number of likely N-dealkylation sites (tertiary alicyclic amines) is 1. The fourth-order valence-electron chi connectivity index (χ4n) is 4.30. The summed E-state index contributed by atoms with van der Waals surface area (Å²) in [5.74, 6) is -0.463. The van der Waals surface area contributed by atoms with Crippen molar-refractivity contribution in [3.05, 3.63) is 46.6 Å². The van der Waals surface area contributed by atoms with Crippen molar-refractivity contribution in [2.45, 2.75) is 38.3 Å². The van der Waals surface area contributed by atoms with Crippen molar-refractivity contribution in [1.29, 1.82) is 0 Å². The maximum absolute atomic E-state index is 14.9. The first-order valence-electron chi connectivity index (χ1n) is 11.0. The van der Waals surface area contributed by atoms with Gasteiger partial charge in [0.2, 0.25) is 11.7 Å². The number of aromatic nitrogens is 5. The van der Waals surface area contributed by atoms with Crippen LogP contribution in [0.4, 0.5) is 4.39 Å². The molecule has 4 heterocycles. The first-order chi connectivity index (χ1) is 16.0. The minimum Gasteiger partial charge on any atom is -0.396 e. The normalized spacial score (nSPS) is 16.7. The van der Waals surface area contributed by atoms with Crippen LogP contribution in [0.15, 0.2) is 33.8 Å². The lowest BCUT2D eigenvalue weighted by molar-refractivity contribution is 0.0810. The number of aliphatic hydroxyl groups is 2. The van der Waals surface area contributed by atoms with Gasteiger partial charge in [-0.05, 0) is 25.0 Å². The standard InChI is InChI=1S/C22H25FN6O4/c1-13(11-30)21-25-20(26-33-21)17-19-22(32)28(10-9-27-7-5-14(31)6-8-27)18-15(23)3-2-4-16(18)29(19)12-24-17/h2-4,12-14,30-31H,5-11H2,1H3. The van der Waals surface area contributed by atoms with Crippen LogP contribution in [0.3, 0.4) is 0 Å². The Balaban J connectivity index is 1.62. The Morgan fingerprint density at radius 2 is 2.03 bits per heavy atom. The molecule has 1 aliphatic heterocycles. The number of nitrogens with zero attached hydrogens (tertiary/aromatic N) is 6. The number of halogens is 1. The summed E-state index contributed by atoms with van der Waals surface area (Å²) in [6.45, 7) is 3.88. The molecule has 33 heavy (non-hydrogen) atoms. The molecule has 0 spiro atoms. The number of hydrogen-bond acceptors (Lipinski definition) is 8. The highest BCUT2D eigenvalue weighted by molar-refractivity contribution is 5.84. The summed E-state index contributed by atoms with van der Waals surface area (Å²) >= 11 is 0. The van der Waals surface area contributed by atoms with Gasteiger partial charge in [0.25, 0.3) is 5.56 Å². The zero-order valence-electron chi connectivity index (χ0n) is 18.2. The highest BCUT2D eigenvalue weighted by Crippen LogP contribution is 2.25. The topological polar surface area (TPSA) is 122 Å². The second kappa shape index (κ2) is 8.65. The van der Waals surface area contributed by atoms with Gasteiger partial charge in [-0.2, -0.15) is 4.98 Å². The van der Waals surface area contributed by atoms with Gasteiger partial charge in [0.15, 0.2) is 0 Å². The van der Waals surface area contributed by atoms with Crippen LogP contribution in [0.1, 0.15) is 31.6 Å². The molecule has 5 rings (SSSR count). The molecular weight excluding hydrogens is 431 g/mol. The summed E-state index contributed by atoms with van der Waals surface area (Å²) < 4.78 is 23.2. The van der Waals surface area contributed by atoms with Gasteiger partial charge < -0.3 is 24.2 Å². The van der Waals surface area contributed by atoms with Crippen LogP contribution in [0.2, 0.25) is 0 Å². The summed E-state index contributed by atoms with van der Waals surface area (Å²) in [6.07, 6.45) is 2.53. The second-order valence-electron chi connectivity index (χ2n) is 8.49. The van der Waals surface area contributed by atoms with E-state index in [1.807, 2.05) is 0 Å². The van der Waals surface area contributed by atoms with E-state index in [1.54, 1.807) is 23.5 Å². The smallest absolute Gasteiger partial charge is 0.277 e. The molecule has 4 aromatic rings. The fraction of sp³-hybridized carbons (Fsp3) is 0.455. The maximum Gasteiger partial charge on any atom is 0.277 e. The van der Waals surface area contributed by atoms with Crippen LogP contribution < -0.4 is 5.56 Å². The van der Waals surface area contributed by atoms with Gasteiger partial charge >= 0.3 is 0 Å². The Morgan fingerprint density at radius 1 is 1.24 bits per heavy atom. The van der Waals surface area contributed by atoms with E-state index in [1.165, 1.54) is 17.0 Å². The van der Waals surface area contributed by atoms with Crippen LogP contribution in [0.25, 0.3) is 28.1 Å². The average Bonchev–Trinajstić information content (AvgIpc) is 3.48. The first kappa shape index (κ1) is 21.7. The maximum atomic E-state index is 14.9. The van der Waals surface area contributed by atoms with Gasteiger partial charge in [0, 0.05) is 26.2 Å². The van der Waals surface area contributed by atoms with E-state index in [2.05, 4.69) is 20.0 Å². The molecule has 1 aromatic carbocycles. The molecule has 1 fully saturated rings. The Morgan fingerprint density at radius 3 is 2.79 bits per heavy atom. The monoisotopic (exact) mass is 456 g/mol. The van der Waals surface area contributed by atoms with Crippen LogP contribution in [0.5, 0.6) is 0 Å². The molecule has 0 amide bonds. The van der Waals surface area contributed by atoms with Crippen LogP contribution in [0, 0.1) is 5.82 Å². The summed E-state index contributed by atoms with van der Waals surface area (Å²) in [5.41, 5.74) is 0.773. The Labute approximate surface area is 187 Å². The largest absolute Gasteiger partial charge is 0.396 e. The minimum absolute atomic E-state index is 0.136. The van der Waals surface area contributed by atoms with E-state index < -0.39 is 11.4 Å². The van der Waals surface area contributed by atoms with E-state index in [0.29, 0.717) is 24.9 Å². The number of aliphatic hydroxyl groups excluding tert-OH is 2. The summed E-state index contributed by atoms with van der Waals surface area (Å²) in [7, 11) is 0. The number of para-hydroxylation sites is 1. The molecule has 174 valence electrons. The molecule has 0 bridgehead atoms. The molecular formula is C22H25FN6O4. The van der Waals surface area contributed by atoms with E-state index in [-0.39, 0.29) is 53.6 Å². The first-order valence-corrected chi connectivity index (χ1v) is 11.0. The van der Waals surface area contributed by atoms with Crippen molar-refractivity contribution in [3.63, 3.8) is 0 Å². The molecule has 1 saturated heterocycles. The Bertz CT molecular complexity index is 1350. The predicted octanol–water partition coefficient (Wildman–Crippen LogP) is 1.39. The third kappa shape index (κ3) is 3.81. The second-order valence-corrected chi connectivity index (χ2v) is 8.49. The molecule has 2 N–H and O–H groups in total.